The summed E-state index contributed by atoms with van der Waals surface area (Å²) in [5, 5.41) is 0. The van der Waals surface area contributed by atoms with Gasteiger partial charge in [-0.15, -0.1) is 0 Å². The number of hydrogen-bond acceptors (Lipinski definition) is 1. The Morgan fingerprint density at radius 1 is 1.29 bits per heavy atom. The maximum atomic E-state index is 5.96. The Labute approximate surface area is 92.6 Å². The molecule has 0 saturated heterocycles. The Balaban J connectivity index is 1.99. The van der Waals surface area contributed by atoms with Crippen LogP contribution in [-0.4, -0.2) is 6.10 Å². The third-order valence-electron chi connectivity index (χ3n) is 3.29. The molecule has 14 heavy (non-hydrogen) atoms. The van der Waals surface area contributed by atoms with E-state index < -0.39 is 0 Å². The molecule has 0 amide bonds. The van der Waals surface area contributed by atoms with Gasteiger partial charge in [0.25, 0.3) is 0 Å². The predicted octanol–water partition coefficient (Wildman–Crippen LogP) is 3.68. The van der Waals surface area contributed by atoms with Crippen molar-refractivity contribution in [3.05, 3.63) is 34.0 Å². The van der Waals surface area contributed by atoms with E-state index in [0.717, 1.165) is 6.42 Å². The average Bonchev–Trinajstić information content (AvgIpc) is 2.57. The molecule has 0 aromatic carbocycles. The Hall–Kier alpha value is -0.500. The first-order valence-corrected chi connectivity index (χ1v) is 6.08. The van der Waals surface area contributed by atoms with E-state index in [1.54, 1.807) is 5.57 Å². The summed E-state index contributed by atoms with van der Waals surface area (Å²) in [6.45, 7) is 0. The number of rotatable bonds is 0. The second kappa shape index (κ2) is 3.27. The molecule has 1 nitrogen and oxygen atoms in total. The maximum absolute atomic E-state index is 5.96. The quantitative estimate of drug-likeness (QED) is 0.639. The lowest BCUT2D eigenvalue weighted by Gasteiger charge is -2.20. The molecular formula is C12H13BrO. The molecule has 3 rings (SSSR count). The lowest BCUT2D eigenvalue weighted by molar-refractivity contribution is 0.156. The molecule has 0 N–H and O–H groups in total. The molecule has 2 heteroatoms. The first-order valence-electron chi connectivity index (χ1n) is 5.29. The minimum absolute atomic E-state index is 0.275. The summed E-state index contributed by atoms with van der Waals surface area (Å²) < 4.78 is 7.25. The van der Waals surface area contributed by atoms with Crippen LogP contribution in [0.5, 0.6) is 0 Å². The van der Waals surface area contributed by atoms with Gasteiger partial charge in [0, 0.05) is 10.9 Å². The largest absolute Gasteiger partial charge is 0.490 e. The molecule has 0 spiro atoms. The smallest absolute Gasteiger partial charge is 0.128 e. The number of fused-ring (bicyclic) bond motifs is 2. The van der Waals surface area contributed by atoms with Gasteiger partial charge in [0.2, 0.25) is 0 Å². The van der Waals surface area contributed by atoms with Gasteiger partial charge in [-0.25, -0.2) is 0 Å². The predicted molar refractivity (Wildman–Crippen MR) is 60.0 cm³/mol. The average molecular weight is 253 g/mol. The van der Waals surface area contributed by atoms with Crippen LogP contribution in [0.15, 0.2) is 34.0 Å². The molecule has 74 valence electrons. The Kier molecular flexibility index (Phi) is 2.05. The number of halogens is 1. The van der Waals surface area contributed by atoms with Gasteiger partial charge < -0.3 is 4.74 Å². The summed E-state index contributed by atoms with van der Waals surface area (Å²) in [4.78, 5) is 0. The SMILES string of the molecule is BrC1=CC=CC2OC3=C(CCCC3)C12. The second-order valence-electron chi connectivity index (χ2n) is 4.15. The van der Waals surface area contributed by atoms with Crippen LogP contribution >= 0.6 is 15.9 Å². The summed E-state index contributed by atoms with van der Waals surface area (Å²) in [5.74, 6) is 1.78. The zero-order chi connectivity index (χ0) is 9.54. The van der Waals surface area contributed by atoms with Gasteiger partial charge in [0.05, 0.1) is 11.7 Å². The van der Waals surface area contributed by atoms with Crippen molar-refractivity contribution in [2.24, 2.45) is 5.92 Å². The highest BCUT2D eigenvalue weighted by Gasteiger charge is 2.38. The van der Waals surface area contributed by atoms with E-state index in [1.807, 2.05) is 0 Å². The molecule has 0 fully saturated rings. The molecule has 0 saturated carbocycles. The van der Waals surface area contributed by atoms with Crippen molar-refractivity contribution in [2.45, 2.75) is 31.8 Å². The van der Waals surface area contributed by atoms with Crippen LogP contribution in [0.4, 0.5) is 0 Å². The molecule has 3 aliphatic rings. The third kappa shape index (κ3) is 1.20. The minimum Gasteiger partial charge on any atom is -0.490 e. The highest BCUT2D eigenvalue weighted by Crippen LogP contribution is 2.46. The minimum atomic E-state index is 0.275. The van der Waals surface area contributed by atoms with Crippen LogP contribution in [0, 0.1) is 5.92 Å². The number of hydrogen-bond donors (Lipinski definition) is 0. The highest BCUT2D eigenvalue weighted by molar-refractivity contribution is 9.11. The highest BCUT2D eigenvalue weighted by atomic mass is 79.9. The van der Waals surface area contributed by atoms with Crippen molar-refractivity contribution in [1.82, 2.24) is 0 Å². The monoisotopic (exact) mass is 252 g/mol. The van der Waals surface area contributed by atoms with Crippen molar-refractivity contribution in [1.29, 1.82) is 0 Å². The first kappa shape index (κ1) is 8.78. The zero-order valence-electron chi connectivity index (χ0n) is 8.00. The van der Waals surface area contributed by atoms with Crippen molar-refractivity contribution in [2.75, 3.05) is 0 Å². The van der Waals surface area contributed by atoms with Crippen molar-refractivity contribution < 1.29 is 4.74 Å². The molecule has 2 atom stereocenters. The van der Waals surface area contributed by atoms with Gasteiger partial charge in [-0.3, -0.25) is 0 Å². The maximum Gasteiger partial charge on any atom is 0.128 e. The van der Waals surface area contributed by atoms with E-state index in [2.05, 4.69) is 34.2 Å². The third-order valence-corrected chi connectivity index (χ3v) is 4.05. The van der Waals surface area contributed by atoms with Gasteiger partial charge in [-0.2, -0.15) is 0 Å². The summed E-state index contributed by atoms with van der Waals surface area (Å²) in [5.41, 5.74) is 1.55. The summed E-state index contributed by atoms with van der Waals surface area (Å²) >= 11 is 3.65. The number of allylic oxidation sites excluding steroid dienone is 3. The van der Waals surface area contributed by atoms with E-state index in [1.165, 1.54) is 29.5 Å². The van der Waals surface area contributed by atoms with Gasteiger partial charge in [-0.05, 0) is 30.9 Å². The van der Waals surface area contributed by atoms with E-state index in [-0.39, 0.29) is 6.10 Å². The van der Waals surface area contributed by atoms with Crippen LogP contribution in [0.1, 0.15) is 25.7 Å². The summed E-state index contributed by atoms with van der Waals surface area (Å²) in [7, 11) is 0. The molecule has 0 aromatic rings. The summed E-state index contributed by atoms with van der Waals surface area (Å²) in [6, 6.07) is 0. The van der Waals surface area contributed by atoms with Crippen LogP contribution in [0.3, 0.4) is 0 Å². The van der Waals surface area contributed by atoms with Crippen LogP contribution in [0.2, 0.25) is 0 Å². The first-order chi connectivity index (χ1) is 6.86. The van der Waals surface area contributed by atoms with E-state index in [9.17, 15) is 0 Å². The fourth-order valence-corrected chi connectivity index (χ4v) is 3.32. The molecule has 0 radical (unpaired) electrons. The lowest BCUT2D eigenvalue weighted by atomic mass is 9.85. The molecule has 1 aliphatic heterocycles. The molecule has 1 heterocycles. The van der Waals surface area contributed by atoms with E-state index in [0.29, 0.717) is 5.92 Å². The van der Waals surface area contributed by atoms with Crippen molar-refractivity contribution in [3.8, 4) is 0 Å². The van der Waals surface area contributed by atoms with Crippen molar-refractivity contribution >= 4 is 15.9 Å². The Morgan fingerprint density at radius 2 is 2.14 bits per heavy atom. The van der Waals surface area contributed by atoms with Gasteiger partial charge in [0.1, 0.15) is 6.10 Å². The summed E-state index contributed by atoms with van der Waals surface area (Å²) in [6.07, 6.45) is 11.7. The fourth-order valence-electron chi connectivity index (χ4n) is 2.63. The second-order valence-corrected chi connectivity index (χ2v) is 5.07. The molecular weight excluding hydrogens is 240 g/mol. The van der Waals surface area contributed by atoms with Crippen LogP contribution in [-0.2, 0) is 4.74 Å². The molecule has 0 aromatic heterocycles. The Morgan fingerprint density at radius 3 is 3.07 bits per heavy atom. The Bertz CT molecular complexity index is 351. The van der Waals surface area contributed by atoms with Crippen LogP contribution in [0.25, 0.3) is 0 Å². The van der Waals surface area contributed by atoms with Crippen LogP contribution < -0.4 is 0 Å². The molecule has 2 unspecified atom stereocenters. The number of ether oxygens (including phenoxy) is 1. The molecule has 2 aliphatic carbocycles. The lowest BCUT2D eigenvalue weighted by Crippen LogP contribution is -2.18. The van der Waals surface area contributed by atoms with Gasteiger partial charge in [0.15, 0.2) is 0 Å². The van der Waals surface area contributed by atoms with E-state index in [4.69, 9.17) is 4.74 Å². The van der Waals surface area contributed by atoms with E-state index >= 15 is 0 Å². The fraction of sp³-hybridized carbons (Fsp3) is 0.500. The normalized spacial score (nSPS) is 34.8. The van der Waals surface area contributed by atoms with Crippen molar-refractivity contribution in [3.63, 3.8) is 0 Å². The van der Waals surface area contributed by atoms with Gasteiger partial charge in [-0.1, -0.05) is 28.1 Å². The zero-order valence-corrected chi connectivity index (χ0v) is 9.59. The molecule has 0 bridgehead atoms. The standard InChI is InChI=1S/C12H13BrO/c13-9-5-3-7-11-12(9)8-4-1-2-6-10(8)14-11/h3,5,7,11-12H,1-2,4,6H2. The topological polar surface area (TPSA) is 9.23 Å². The van der Waals surface area contributed by atoms with Gasteiger partial charge >= 0.3 is 0 Å².